The summed E-state index contributed by atoms with van der Waals surface area (Å²) in [5, 5.41) is 11.0. The Balaban J connectivity index is 2.44. The average Bonchev–Trinajstić information content (AvgIpc) is 2.37. The quantitative estimate of drug-likeness (QED) is 0.615. The maximum absolute atomic E-state index is 5.94. The van der Waals surface area contributed by atoms with Gasteiger partial charge in [0.2, 0.25) is 0 Å². The van der Waals surface area contributed by atoms with Gasteiger partial charge in [-0.2, -0.15) is 0 Å². The fraction of sp³-hybridized carbons (Fsp3) is 0.0769. The fourth-order valence-corrected chi connectivity index (χ4v) is 2.03. The van der Waals surface area contributed by atoms with Gasteiger partial charge < -0.3 is 4.74 Å². The number of aromatic nitrogens is 2. The van der Waals surface area contributed by atoms with E-state index in [2.05, 4.69) is 10.2 Å². The lowest BCUT2D eigenvalue weighted by molar-refractivity contribution is 0.415. The molecule has 3 nitrogen and oxygen atoms in total. The smallest absolute Gasteiger partial charge is 0.119 e. The number of fused-ring (bicyclic) bond motifs is 3. The molecule has 0 fully saturated rings. The van der Waals surface area contributed by atoms with Crippen LogP contribution in [0.5, 0.6) is 5.75 Å². The summed E-state index contributed by atoms with van der Waals surface area (Å²) in [6.45, 7) is 0. The van der Waals surface area contributed by atoms with Gasteiger partial charge in [-0.1, -0.05) is 17.7 Å². The molecule has 0 bridgehead atoms. The van der Waals surface area contributed by atoms with Crippen molar-refractivity contribution in [1.29, 1.82) is 0 Å². The number of nitrogens with zero attached hydrogens (tertiary/aromatic N) is 2. The number of ether oxygens (including phenoxy) is 1. The van der Waals surface area contributed by atoms with Gasteiger partial charge in [-0.3, -0.25) is 0 Å². The van der Waals surface area contributed by atoms with Crippen LogP contribution >= 0.6 is 11.6 Å². The lowest BCUT2D eigenvalue weighted by Crippen LogP contribution is -1.89. The SMILES string of the molecule is COc1ccc2nnc3cc(Cl)ccc3c2c1. The Morgan fingerprint density at radius 1 is 0.941 bits per heavy atom. The molecule has 0 amide bonds. The summed E-state index contributed by atoms with van der Waals surface area (Å²) in [7, 11) is 1.65. The number of halogens is 1. The third-order valence-corrected chi connectivity index (χ3v) is 2.95. The van der Waals surface area contributed by atoms with E-state index in [1.54, 1.807) is 7.11 Å². The van der Waals surface area contributed by atoms with Gasteiger partial charge in [-0.15, -0.1) is 10.2 Å². The Kier molecular flexibility index (Phi) is 2.34. The first kappa shape index (κ1) is 10.3. The Morgan fingerprint density at radius 2 is 1.76 bits per heavy atom. The van der Waals surface area contributed by atoms with Crippen LogP contribution in [0.2, 0.25) is 5.02 Å². The Hall–Kier alpha value is -1.87. The minimum absolute atomic E-state index is 0.661. The van der Waals surface area contributed by atoms with E-state index in [4.69, 9.17) is 16.3 Å². The molecule has 0 spiro atoms. The Labute approximate surface area is 103 Å². The van der Waals surface area contributed by atoms with Gasteiger partial charge in [0.05, 0.1) is 18.1 Å². The summed E-state index contributed by atoms with van der Waals surface area (Å²) in [6, 6.07) is 11.3. The van der Waals surface area contributed by atoms with E-state index in [0.717, 1.165) is 27.6 Å². The van der Waals surface area contributed by atoms with Gasteiger partial charge >= 0.3 is 0 Å². The molecular formula is C13H9ClN2O. The van der Waals surface area contributed by atoms with E-state index in [1.807, 2.05) is 36.4 Å². The largest absolute Gasteiger partial charge is 0.497 e. The summed E-state index contributed by atoms with van der Waals surface area (Å²) >= 11 is 5.94. The third-order valence-electron chi connectivity index (χ3n) is 2.72. The molecular weight excluding hydrogens is 236 g/mol. The van der Waals surface area contributed by atoms with Crippen molar-refractivity contribution in [1.82, 2.24) is 10.2 Å². The van der Waals surface area contributed by atoms with Gasteiger partial charge in [0.1, 0.15) is 5.75 Å². The Morgan fingerprint density at radius 3 is 2.59 bits per heavy atom. The second-order valence-electron chi connectivity index (χ2n) is 3.74. The molecule has 0 unspecified atom stereocenters. The van der Waals surface area contributed by atoms with Gasteiger partial charge in [0, 0.05) is 15.8 Å². The van der Waals surface area contributed by atoms with E-state index < -0.39 is 0 Å². The summed E-state index contributed by atoms with van der Waals surface area (Å²) in [5.41, 5.74) is 1.64. The van der Waals surface area contributed by atoms with Crippen LogP contribution in [0.25, 0.3) is 21.8 Å². The second kappa shape index (κ2) is 3.86. The van der Waals surface area contributed by atoms with Crippen LogP contribution in [0.1, 0.15) is 0 Å². The molecule has 0 radical (unpaired) electrons. The maximum Gasteiger partial charge on any atom is 0.119 e. The van der Waals surface area contributed by atoms with E-state index in [0.29, 0.717) is 5.02 Å². The highest BCUT2D eigenvalue weighted by Crippen LogP contribution is 2.27. The molecule has 0 N–H and O–H groups in total. The van der Waals surface area contributed by atoms with Crippen LogP contribution in [0.4, 0.5) is 0 Å². The van der Waals surface area contributed by atoms with Crippen molar-refractivity contribution in [2.24, 2.45) is 0 Å². The highest BCUT2D eigenvalue weighted by atomic mass is 35.5. The zero-order chi connectivity index (χ0) is 11.8. The molecule has 0 aliphatic heterocycles. The molecule has 0 aliphatic carbocycles. The zero-order valence-corrected chi connectivity index (χ0v) is 9.90. The second-order valence-corrected chi connectivity index (χ2v) is 4.18. The summed E-state index contributed by atoms with van der Waals surface area (Å²) < 4.78 is 5.22. The van der Waals surface area contributed by atoms with Crippen molar-refractivity contribution in [3.05, 3.63) is 41.4 Å². The highest BCUT2D eigenvalue weighted by molar-refractivity contribution is 6.31. The Bertz CT molecular complexity index is 712. The molecule has 3 rings (SSSR count). The molecule has 17 heavy (non-hydrogen) atoms. The normalized spacial score (nSPS) is 10.9. The number of rotatable bonds is 1. The highest BCUT2D eigenvalue weighted by Gasteiger charge is 2.05. The molecule has 4 heteroatoms. The minimum Gasteiger partial charge on any atom is -0.497 e. The standard InChI is InChI=1S/C13H9ClN2O/c1-17-9-3-5-12-11(7-9)10-4-2-8(14)6-13(10)16-15-12/h2-7H,1H3. The fourth-order valence-electron chi connectivity index (χ4n) is 1.87. The van der Waals surface area contributed by atoms with Crippen LogP contribution in [-0.4, -0.2) is 17.3 Å². The molecule has 0 saturated carbocycles. The van der Waals surface area contributed by atoms with Crippen LogP contribution < -0.4 is 4.74 Å². The lowest BCUT2D eigenvalue weighted by atomic mass is 10.1. The van der Waals surface area contributed by atoms with E-state index in [1.165, 1.54) is 0 Å². The van der Waals surface area contributed by atoms with Crippen molar-refractivity contribution in [3.63, 3.8) is 0 Å². The molecule has 0 saturated heterocycles. The first-order valence-corrected chi connectivity index (χ1v) is 5.55. The maximum atomic E-state index is 5.94. The molecule has 84 valence electrons. The van der Waals surface area contributed by atoms with E-state index in [9.17, 15) is 0 Å². The van der Waals surface area contributed by atoms with Crippen molar-refractivity contribution in [2.45, 2.75) is 0 Å². The van der Waals surface area contributed by atoms with Gasteiger partial charge in [0.25, 0.3) is 0 Å². The van der Waals surface area contributed by atoms with Crippen molar-refractivity contribution >= 4 is 33.4 Å². The van der Waals surface area contributed by atoms with Gasteiger partial charge in [-0.05, 0) is 30.3 Å². The molecule has 0 atom stereocenters. The predicted molar refractivity (Wildman–Crippen MR) is 68.6 cm³/mol. The van der Waals surface area contributed by atoms with Crippen LogP contribution in [0.15, 0.2) is 36.4 Å². The topological polar surface area (TPSA) is 35.0 Å². The minimum atomic E-state index is 0.661. The first-order chi connectivity index (χ1) is 8.28. The third kappa shape index (κ3) is 1.68. The summed E-state index contributed by atoms with van der Waals surface area (Å²) in [6.07, 6.45) is 0. The molecule has 0 aliphatic rings. The molecule has 2 aromatic carbocycles. The van der Waals surface area contributed by atoms with Crippen molar-refractivity contribution in [3.8, 4) is 5.75 Å². The monoisotopic (exact) mass is 244 g/mol. The molecule has 1 heterocycles. The van der Waals surface area contributed by atoms with Crippen LogP contribution in [0, 0.1) is 0 Å². The molecule has 1 aromatic heterocycles. The van der Waals surface area contributed by atoms with Crippen molar-refractivity contribution < 1.29 is 4.74 Å². The zero-order valence-electron chi connectivity index (χ0n) is 9.14. The van der Waals surface area contributed by atoms with Crippen molar-refractivity contribution in [2.75, 3.05) is 7.11 Å². The van der Waals surface area contributed by atoms with Crippen LogP contribution in [-0.2, 0) is 0 Å². The summed E-state index contributed by atoms with van der Waals surface area (Å²) in [4.78, 5) is 0. The molecule has 3 aromatic rings. The first-order valence-electron chi connectivity index (χ1n) is 5.17. The van der Waals surface area contributed by atoms with Crippen LogP contribution in [0.3, 0.4) is 0 Å². The van der Waals surface area contributed by atoms with E-state index in [-0.39, 0.29) is 0 Å². The number of hydrogen-bond acceptors (Lipinski definition) is 3. The predicted octanol–water partition coefficient (Wildman–Crippen LogP) is 3.45. The lowest BCUT2D eigenvalue weighted by Gasteiger charge is -2.04. The van der Waals surface area contributed by atoms with E-state index >= 15 is 0 Å². The average molecular weight is 245 g/mol. The number of methoxy groups -OCH3 is 1. The van der Waals surface area contributed by atoms with Gasteiger partial charge in [0.15, 0.2) is 0 Å². The summed E-state index contributed by atoms with van der Waals surface area (Å²) in [5.74, 6) is 0.807. The number of hydrogen-bond donors (Lipinski definition) is 0. The number of benzene rings is 2. The van der Waals surface area contributed by atoms with Gasteiger partial charge in [-0.25, -0.2) is 0 Å².